The molecule has 6 nitrogen and oxygen atoms in total. The van der Waals surface area contributed by atoms with E-state index < -0.39 is 12.0 Å². The second-order valence-corrected chi connectivity index (χ2v) is 7.21. The molecular weight excluding hydrogens is 330 g/mol. The quantitative estimate of drug-likeness (QED) is 0.863. The van der Waals surface area contributed by atoms with E-state index in [0.717, 1.165) is 5.56 Å². The molecule has 0 spiro atoms. The van der Waals surface area contributed by atoms with Crippen LogP contribution in [0.5, 0.6) is 0 Å². The first kappa shape index (κ1) is 18.3. The SMILES string of the molecule is Cc1cnn(CCC(=O)N2CCC(N3CC(F)(F)C[C@H]3CO)CC2)c1. The summed E-state index contributed by atoms with van der Waals surface area (Å²) in [6, 6.07) is -0.450. The summed E-state index contributed by atoms with van der Waals surface area (Å²) in [6.45, 7) is 3.16. The number of carbonyl (C=O) groups excluding carboxylic acids is 1. The average Bonchev–Trinajstić information content (AvgIpc) is 3.15. The monoisotopic (exact) mass is 356 g/mol. The first-order valence-corrected chi connectivity index (χ1v) is 8.89. The Kier molecular flexibility index (Phi) is 5.38. The zero-order valence-corrected chi connectivity index (χ0v) is 14.6. The van der Waals surface area contributed by atoms with Gasteiger partial charge in [0.05, 0.1) is 19.3 Å². The number of hydrogen-bond donors (Lipinski definition) is 1. The van der Waals surface area contributed by atoms with Crippen LogP contribution < -0.4 is 0 Å². The molecule has 0 radical (unpaired) electrons. The number of alkyl halides is 2. The van der Waals surface area contributed by atoms with Gasteiger partial charge in [-0.1, -0.05) is 0 Å². The molecule has 2 aliphatic rings. The number of hydrogen-bond acceptors (Lipinski definition) is 4. The predicted molar refractivity (Wildman–Crippen MR) is 88.3 cm³/mol. The molecule has 0 aliphatic carbocycles. The topological polar surface area (TPSA) is 61.6 Å². The number of aryl methyl sites for hydroxylation is 2. The lowest BCUT2D eigenvalue weighted by Crippen LogP contribution is -2.49. The summed E-state index contributed by atoms with van der Waals surface area (Å²) in [5, 5.41) is 13.5. The molecule has 8 heteroatoms. The van der Waals surface area contributed by atoms with Crippen molar-refractivity contribution in [2.45, 2.75) is 57.2 Å². The summed E-state index contributed by atoms with van der Waals surface area (Å²) in [5.41, 5.74) is 1.06. The zero-order valence-electron chi connectivity index (χ0n) is 14.6. The molecule has 1 amide bonds. The van der Waals surface area contributed by atoms with Gasteiger partial charge in [-0.05, 0) is 25.3 Å². The highest BCUT2D eigenvalue weighted by atomic mass is 19.3. The highest BCUT2D eigenvalue weighted by molar-refractivity contribution is 5.76. The Morgan fingerprint density at radius 2 is 2.12 bits per heavy atom. The smallest absolute Gasteiger partial charge is 0.262 e. The van der Waals surface area contributed by atoms with Gasteiger partial charge in [0, 0.05) is 50.8 Å². The van der Waals surface area contributed by atoms with E-state index in [1.54, 1.807) is 15.8 Å². The van der Waals surface area contributed by atoms with E-state index >= 15 is 0 Å². The molecule has 140 valence electrons. The summed E-state index contributed by atoms with van der Waals surface area (Å²) in [4.78, 5) is 15.9. The number of aliphatic hydroxyl groups is 1. The van der Waals surface area contributed by atoms with Crippen LogP contribution in [-0.2, 0) is 11.3 Å². The second-order valence-electron chi connectivity index (χ2n) is 7.21. The minimum Gasteiger partial charge on any atom is -0.395 e. The van der Waals surface area contributed by atoms with Gasteiger partial charge in [-0.25, -0.2) is 8.78 Å². The van der Waals surface area contributed by atoms with Crippen LogP contribution in [0.3, 0.4) is 0 Å². The maximum atomic E-state index is 13.6. The minimum atomic E-state index is -2.72. The first-order valence-electron chi connectivity index (χ1n) is 8.89. The number of aromatic nitrogens is 2. The Hall–Kier alpha value is -1.54. The van der Waals surface area contributed by atoms with Crippen molar-refractivity contribution in [3.8, 4) is 0 Å². The number of carbonyl (C=O) groups is 1. The first-order chi connectivity index (χ1) is 11.9. The highest BCUT2D eigenvalue weighted by Crippen LogP contribution is 2.35. The van der Waals surface area contributed by atoms with Crippen LogP contribution in [0.2, 0.25) is 0 Å². The molecule has 1 atom stereocenters. The Morgan fingerprint density at radius 1 is 1.40 bits per heavy atom. The van der Waals surface area contributed by atoms with Gasteiger partial charge < -0.3 is 10.0 Å². The maximum Gasteiger partial charge on any atom is 0.262 e. The van der Waals surface area contributed by atoms with E-state index in [2.05, 4.69) is 5.10 Å². The van der Waals surface area contributed by atoms with E-state index in [1.807, 2.05) is 18.0 Å². The number of amides is 1. The molecule has 2 fully saturated rings. The molecular formula is C17H26F2N4O2. The van der Waals surface area contributed by atoms with Crippen molar-refractivity contribution in [3.63, 3.8) is 0 Å². The van der Waals surface area contributed by atoms with Gasteiger partial charge in [0.15, 0.2) is 0 Å². The van der Waals surface area contributed by atoms with Crippen molar-refractivity contribution in [1.82, 2.24) is 19.6 Å². The van der Waals surface area contributed by atoms with Crippen LogP contribution in [0.1, 0.15) is 31.2 Å². The normalized spacial score (nSPS) is 24.8. The largest absolute Gasteiger partial charge is 0.395 e. The molecule has 1 N–H and O–H groups in total. The van der Waals surface area contributed by atoms with Gasteiger partial charge in [-0.2, -0.15) is 5.10 Å². The number of likely N-dealkylation sites (tertiary alicyclic amines) is 2. The molecule has 3 rings (SSSR count). The fourth-order valence-electron chi connectivity index (χ4n) is 3.92. The van der Waals surface area contributed by atoms with Crippen LogP contribution in [0, 0.1) is 6.92 Å². The van der Waals surface area contributed by atoms with E-state index in [1.165, 1.54) is 0 Å². The van der Waals surface area contributed by atoms with Crippen molar-refractivity contribution in [2.24, 2.45) is 0 Å². The number of piperidine rings is 1. The van der Waals surface area contributed by atoms with Crippen LogP contribution in [0.4, 0.5) is 8.78 Å². The van der Waals surface area contributed by atoms with Gasteiger partial charge in [-0.15, -0.1) is 0 Å². The molecule has 2 aliphatic heterocycles. The van der Waals surface area contributed by atoms with E-state index in [0.29, 0.717) is 38.9 Å². The number of halogens is 2. The standard InChI is InChI=1S/C17H26F2N4O2/c1-13-9-20-22(10-13)7-4-16(25)21-5-2-14(3-6-21)23-12-17(18,19)8-15(23)11-24/h9-10,14-15,24H,2-8,11-12H2,1H3/t15-/m0/s1. The Labute approximate surface area is 146 Å². The summed E-state index contributed by atoms with van der Waals surface area (Å²) in [5.74, 6) is -2.64. The fourth-order valence-corrected chi connectivity index (χ4v) is 3.92. The molecule has 0 bridgehead atoms. The van der Waals surface area contributed by atoms with Crippen LogP contribution in [0.15, 0.2) is 12.4 Å². The molecule has 0 aromatic carbocycles. The third-order valence-electron chi connectivity index (χ3n) is 5.23. The molecule has 25 heavy (non-hydrogen) atoms. The molecule has 3 heterocycles. The van der Waals surface area contributed by atoms with E-state index in [-0.39, 0.29) is 31.5 Å². The van der Waals surface area contributed by atoms with Gasteiger partial charge >= 0.3 is 0 Å². The van der Waals surface area contributed by atoms with Crippen molar-refractivity contribution in [2.75, 3.05) is 26.2 Å². The van der Waals surface area contributed by atoms with Gasteiger partial charge in [0.2, 0.25) is 5.91 Å². The predicted octanol–water partition coefficient (Wildman–Crippen LogP) is 1.27. The highest BCUT2D eigenvalue weighted by Gasteiger charge is 2.47. The van der Waals surface area contributed by atoms with Crippen molar-refractivity contribution in [3.05, 3.63) is 18.0 Å². The lowest BCUT2D eigenvalue weighted by molar-refractivity contribution is -0.133. The van der Waals surface area contributed by atoms with E-state index in [4.69, 9.17) is 0 Å². The maximum absolute atomic E-state index is 13.6. The van der Waals surface area contributed by atoms with Gasteiger partial charge in [0.25, 0.3) is 5.92 Å². The van der Waals surface area contributed by atoms with Crippen LogP contribution in [0.25, 0.3) is 0 Å². The van der Waals surface area contributed by atoms with Crippen molar-refractivity contribution >= 4 is 5.91 Å². The molecule has 0 unspecified atom stereocenters. The summed E-state index contributed by atoms with van der Waals surface area (Å²) < 4.78 is 29.0. The molecule has 1 aromatic rings. The second kappa shape index (κ2) is 7.37. The average molecular weight is 356 g/mol. The fraction of sp³-hybridized carbons (Fsp3) is 0.765. The lowest BCUT2D eigenvalue weighted by Gasteiger charge is -2.38. The molecule has 1 aromatic heterocycles. The zero-order chi connectivity index (χ0) is 18.0. The third-order valence-corrected chi connectivity index (χ3v) is 5.23. The Balaban J connectivity index is 1.47. The van der Waals surface area contributed by atoms with Crippen LogP contribution >= 0.6 is 0 Å². The Morgan fingerprint density at radius 3 is 2.72 bits per heavy atom. The molecule has 2 saturated heterocycles. The van der Waals surface area contributed by atoms with Gasteiger partial charge in [-0.3, -0.25) is 14.4 Å². The van der Waals surface area contributed by atoms with Crippen LogP contribution in [-0.4, -0.2) is 74.8 Å². The lowest BCUT2D eigenvalue weighted by atomic mass is 10.0. The summed E-state index contributed by atoms with van der Waals surface area (Å²) in [7, 11) is 0. The Bertz CT molecular complexity index is 599. The van der Waals surface area contributed by atoms with Gasteiger partial charge in [0.1, 0.15) is 0 Å². The summed E-state index contributed by atoms with van der Waals surface area (Å²) >= 11 is 0. The summed E-state index contributed by atoms with van der Waals surface area (Å²) in [6.07, 6.45) is 5.15. The number of aliphatic hydroxyl groups excluding tert-OH is 1. The number of nitrogens with zero attached hydrogens (tertiary/aromatic N) is 4. The van der Waals surface area contributed by atoms with Crippen molar-refractivity contribution < 1.29 is 18.7 Å². The van der Waals surface area contributed by atoms with E-state index in [9.17, 15) is 18.7 Å². The van der Waals surface area contributed by atoms with Crippen molar-refractivity contribution in [1.29, 1.82) is 0 Å². The number of rotatable bonds is 5. The minimum absolute atomic E-state index is 0.0170. The third kappa shape index (κ3) is 4.36. The molecule has 0 saturated carbocycles.